The fourth-order valence-electron chi connectivity index (χ4n) is 1.60. The van der Waals surface area contributed by atoms with Crippen LogP contribution in [0.25, 0.3) is 0 Å². The lowest BCUT2D eigenvalue weighted by atomic mass is 10.4. The number of carbonyl (C=O) groups is 1. The van der Waals surface area contributed by atoms with E-state index in [0.717, 1.165) is 22.3 Å². The van der Waals surface area contributed by atoms with Gasteiger partial charge in [-0.25, -0.2) is 17.9 Å². The van der Waals surface area contributed by atoms with Crippen LogP contribution in [-0.2, 0) is 10.0 Å². The van der Waals surface area contributed by atoms with Gasteiger partial charge in [0.05, 0.1) is 11.4 Å². The predicted molar refractivity (Wildman–Crippen MR) is 74.6 cm³/mol. The SMILES string of the molecule is CN(CCCNS(=O)(=O)c1csc(C(=O)O)c1)CC(F)(F)F. The van der Waals surface area contributed by atoms with E-state index in [1.807, 2.05) is 0 Å². The van der Waals surface area contributed by atoms with Gasteiger partial charge in [0.25, 0.3) is 0 Å². The van der Waals surface area contributed by atoms with Crippen molar-refractivity contribution in [3.63, 3.8) is 0 Å². The maximum Gasteiger partial charge on any atom is 0.401 e. The number of nitrogens with one attached hydrogen (secondary N) is 1. The maximum atomic E-state index is 12.1. The molecule has 0 radical (unpaired) electrons. The molecule has 6 nitrogen and oxygen atoms in total. The average molecular weight is 360 g/mol. The molecule has 0 atom stereocenters. The smallest absolute Gasteiger partial charge is 0.401 e. The Kier molecular flexibility index (Phi) is 6.35. The Morgan fingerprint density at radius 1 is 1.45 bits per heavy atom. The second-order valence-electron chi connectivity index (χ2n) is 4.56. The number of carboxylic acid groups (broad SMARTS) is 1. The van der Waals surface area contributed by atoms with Gasteiger partial charge in [-0.05, 0) is 26.1 Å². The monoisotopic (exact) mass is 360 g/mol. The van der Waals surface area contributed by atoms with E-state index in [2.05, 4.69) is 4.72 Å². The van der Waals surface area contributed by atoms with Crippen LogP contribution in [0.3, 0.4) is 0 Å². The van der Waals surface area contributed by atoms with Gasteiger partial charge in [0.15, 0.2) is 0 Å². The molecule has 0 bridgehead atoms. The number of nitrogens with zero attached hydrogens (tertiary/aromatic N) is 1. The zero-order valence-corrected chi connectivity index (χ0v) is 13.2. The molecule has 11 heteroatoms. The molecule has 0 saturated heterocycles. The summed E-state index contributed by atoms with van der Waals surface area (Å²) in [6, 6.07) is 1.03. The van der Waals surface area contributed by atoms with Crippen molar-refractivity contribution in [3.05, 3.63) is 16.3 Å². The van der Waals surface area contributed by atoms with Crippen molar-refractivity contribution in [3.8, 4) is 0 Å². The summed E-state index contributed by atoms with van der Waals surface area (Å²) >= 11 is 0.783. The van der Waals surface area contributed by atoms with Gasteiger partial charge in [0.1, 0.15) is 4.88 Å². The summed E-state index contributed by atoms with van der Waals surface area (Å²) in [5.41, 5.74) is 0. The van der Waals surface area contributed by atoms with Crippen molar-refractivity contribution in [2.75, 3.05) is 26.7 Å². The van der Waals surface area contributed by atoms with Gasteiger partial charge in [0.2, 0.25) is 10.0 Å². The number of aromatic carboxylic acids is 1. The first-order valence-corrected chi connectivity index (χ1v) is 8.44. The van der Waals surface area contributed by atoms with Crippen molar-refractivity contribution in [1.82, 2.24) is 9.62 Å². The number of sulfonamides is 1. The van der Waals surface area contributed by atoms with E-state index >= 15 is 0 Å². The van der Waals surface area contributed by atoms with Crippen LogP contribution in [0.5, 0.6) is 0 Å². The fraction of sp³-hybridized carbons (Fsp3) is 0.545. The highest BCUT2D eigenvalue weighted by Crippen LogP contribution is 2.19. The Morgan fingerprint density at radius 3 is 2.59 bits per heavy atom. The van der Waals surface area contributed by atoms with Crippen LogP contribution in [0.15, 0.2) is 16.3 Å². The summed E-state index contributed by atoms with van der Waals surface area (Å²) in [6.07, 6.45) is -4.10. The molecule has 0 aliphatic carbocycles. The van der Waals surface area contributed by atoms with Crippen LogP contribution >= 0.6 is 11.3 Å². The zero-order chi connectivity index (χ0) is 17.0. The zero-order valence-electron chi connectivity index (χ0n) is 11.6. The van der Waals surface area contributed by atoms with Gasteiger partial charge in [-0.1, -0.05) is 0 Å². The first-order valence-electron chi connectivity index (χ1n) is 6.08. The quantitative estimate of drug-likeness (QED) is 0.688. The second kappa shape index (κ2) is 7.40. The summed E-state index contributed by atoms with van der Waals surface area (Å²) in [7, 11) is -2.56. The molecule has 0 unspecified atom stereocenters. The third-order valence-electron chi connectivity index (χ3n) is 2.55. The minimum Gasteiger partial charge on any atom is -0.477 e. The normalized spacial score (nSPS) is 12.8. The molecule has 22 heavy (non-hydrogen) atoms. The molecule has 0 aliphatic rings. The largest absolute Gasteiger partial charge is 0.477 e. The van der Waals surface area contributed by atoms with Crippen LogP contribution in [0.1, 0.15) is 16.1 Å². The summed E-state index contributed by atoms with van der Waals surface area (Å²) in [5.74, 6) is -1.22. The van der Waals surface area contributed by atoms with E-state index < -0.39 is 28.7 Å². The predicted octanol–water partition coefficient (Wildman–Crippen LogP) is 1.61. The highest BCUT2D eigenvalue weighted by Gasteiger charge is 2.28. The average Bonchev–Trinajstić information content (AvgIpc) is 2.83. The van der Waals surface area contributed by atoms with E-state index in [4.69, 9.17) is 5.11 Å². The first kappa shape index (κ1) is 18.9. The van der Waals surface area contributed by atoms with E-state index in [1.54, 1.807) is 0 Å². The van der Waals surface area contributed by atoms with Crippen LogP contribution in [0, 0.1) is 0 Å². The first-order chi connectivity index (χ1) is 10.0. The standard InChI is InChI=1S/C11H15F3N2O4S2/c1-16(7-11(12,13)14)4-2-3-15-22(19,20)8-5-9(10(17)18)21-6-8/h5-6,15H,2-4,7H2,1H3,(H,17,18). The molecule has 0 fully saturated rings. The number of thiophene rings is 1. The van der Waals surface area contributed by atoms with Crippen molar-refractivity contribution in [2.24, 2.45) is 0 Å². The van der Waals surface area contributed by atoms with E-state index in [9.17, 15) is 26.4 Å². The Balaban J connectivity index is 2.44. The molecule has 0 aliphatic heterocycles. The van der Waals surface area contributed by atoms with Crippen molar-refractivity contribution < 1.29 is 31.5 Å². The van der Waals surface area contributed by atoms with E-state index in [0.29, 0.717) is 0 Å². The molecule has 2 N–H and O–H groups in total. The maximum absolute atomic E-state index is 12.1. The van der Waals surface area contributed by atoms with Gasteiger partial charge < -0.3 is 5.11 Å². The van der Waals surface area contributed by atoms with E-state index in [-0.39, 0.29) is 29.3 Å². The number of halogens is 3. The van der Waals surface area contributed by atoms with Gasteiger partial charge >= 0.3 is 12.1 Å². The molecule has 0 spiro atoms. The number of alkyl halides is 3. The Hall–Kier alpha value is -1.17. The van der Waals surface area contributed by atoms with Crippen LogP contribution < -0.4 is 4.72 Å². The molecule has 1 rings (SSSR count). The number of hydrogen-bond acceptors (Lipinski definition) is 5. The molecule has 1 aromatic rings. The van der Waals surface area contributed by atoms with Crippen LogP contribution in [0.2, 0.25) is 0 Å². The molecule has 126 valence electrons. The molecule has 0 amide bonds. The number of rotatable bonds is 8. The lowest BCUT2D eigenvalue weighted by Gasteiger charge is -2.18. The lowest BCUT2D eigenvalue weighted by Crippen LogP contribution is -2.33. The van der Waals surface area contributed by atoms with Crippen molar-refractivity contribution in [2.45, 2.75) is 17.5 Å². The molecular formula is C11H15F3N2O4S2. The summed E-state index contributed by atoms with van der Waals surface area (Å²) in [5, 5.41) is 9.93. The highest BCUT2D eigenvalue weighted by atomic mass is 32.2. The van der Waals surface area contributed by atoms with Gasteiger partial charge in [0, 0.05) is 11.9 Å². The molecule has 1 aromatic heterocycles. The van der Waals surface area contributed by atoms with Gasteiger partial charge in [-0.2, -0.15) is 13.2 Å². The van der Waals surface area contributed by atoms with Gasteiger partial charge in [-0.3, -0.25) is 4.90 Å². The summed E-state index contributed by atoms with van der Waals surface area (Å²) in [6.45, 7) is -1.03. The van der Waals surface area contributed by atoms with Gasteiger partial charge in [-0.15, -0.1) is 11.3 Å². The Morgan fingerprint density at radius 2 is 2.09 bits per heavy atom. The van der Waals surface area contributed by atoms with Crippen LogP contribution in [0.4, 0.5) is 13.2 Å². The van der Waals surface area contributed by atoms with Crippen molar-refractivity contribution in [1.29, 1.82) is 0 Å². The number of hydrogen-bond donors (Lipinski definition) is 2. The molecule has 1 heterocycles. The number of carboxylic acids is 1. The Bertz CT molecular complexity index is 613. The highest BCUT2D eigenvalue weighted by molar-refractivity contribution is 7.89. The summed E-state index contributed by atoms with van der Waals surface area (Å²) < 4.78 is 62.2. The summed E-state index contributed by atoms with van der Waals surface area (Å²) in [4.78, 5) is 11.5. The van der Waals surface area contributed by atoms with Crippen molar-refractivity contribution >= 4 is 27.3 Å². The minimum atomic E-state index is -4.29. The fourth-order valence-corrected chi connectivity index (χ4v) is 3.78. The molecule has 0 saturated carbocycles. The third kappa shape index (κ3) is 6.30. The Labute approximate surface area is 129 Å². The topological polar surface area (TPSA) is 86.7 Å². The minimum absolute atomic E-state index is 0.0389. The van der Waals surface area contributed by atoms with Crippen LogP contribution in [-0.4, -0.2) is 57.3 Å². The lowest BCUT2D eigenvalue weighted by molar-refractivity contribution is -0.143. The molecule has 0 aromatic carbocycles. The van der Waals surface area contributed by atoms with E-state index in [1.165, 1.54) is 12.4 Å². The molecular weight excluding hydrogens is 345 g/mol. The third-order valence-corrected chi connectivity index (χ3v) is 5.06. The second-order valence-corrected chi connectivity index (χ2v) is 7.23.